The van der Waals surface area contributed by atoms with E-state index in [2.05, 4.69) is 5.32 Å². The van der Waals surface area contributed by atoms with Crippen molar-refractivity contribution in [3.05, 3.63) is 23.8 Å². The van der Waals surface area contributed by atoms with Crippen LogP contribution in [0.2, 0.25) is 0 Å². The van der Waals surface area contributed by atoms with E-state index in [1.165, 1.54) is 4.90 Å². The van der Waals surface area contributed by atoms with Crippen molar-refractivity contribution in [1.82, 2.24) is 10.2 Å². The fraction of sp³-hybridized carbons (Fsp3) is 0.462. The summed E-state index contributed by atoms with van der Waals surface area (Å²) in [5.74, 6) is 1.38. The molecule has 1 aromatic rings. The SMILES string of the molecule is O=C(NCc1cccc2c1OCO2)N1CCS(=O)(=O)CC1. The van der Waals surface area contributed by atoms with Crippen LogP contribution >= 0.6 is 0 Å². The van der Waals surface area contributed by atoms with Crippen LogP contribution in [0.25, 0.3) is 0 Å². The lowest BCUT2D eigenvalue weighted by Crippen LogP contribution is -2.47. The topological polar surface area (TPSA) is 84.9 Å². The van der Waals surface area contributed by atoms with E-state index in [-0.39, 0.29) is 37.4 Å². The van der Waals surface area contributed by atoms with Crippen LogP contribution < -0.4 is 14.8 Å². The zero-order chi connectivity index (χ0) is 14.9. The van der Waals surface area contributed by atoms with Gasteiger partial charge in [0.2, 0.25) is 6.79 Å². The number of rotatable bonds is 2. The first-order chi connectivity index (χ1) is 10.1. The molecule has 0 saturated carbocycles. The third kappa shape index (κ3) is 3.05. The minimum atomic E-state index is -2.98. The summed E-state index contributed by atoms with van der Waals surface area (Å²) in [6, 6.07) is 5.24. The molecule has 0 radical (unpaired) electrons. The average molecular weight is 312 g/mol. The number of para-hydroxylation sites is 1. The molecule has 7 nitrogen and oxygen atoms in total. The van der Waals surface area contributed by atoms with Gasteiger partial charge < -0.3 is 19.7 Å². The summed E-state index contributed by atoms with van der Waals surface area (Å²) in [5, 5.41) is 2.78. The Morgan fingerprint density at radius 1 is 1.24 bits per heavy atom. The molecule has 1 saturated heterocycles. The largest absolute Gasteiger partial charge is 0.454 e. The fourth-order valence-corrected chi connectivity index (χ4v) is 3.53. The zero-order valence-electron chi connectivity index (χ0n) is 11.4. The van der Waals surface area contributed by atoms with Gasteiger partial charge in [0.1, 0.15) is 0 Å². The van der Waals surface area contributed by atoms with E-state index >= 15 is 0 Å². The number of benzene rings is 1. The van der Waals surface area contributed by atoms with Crippen molar-refractivity contribution < 1.29 is 22.7 Å². The molecule has 21 heavy (non-hydrogen) atoms. The van der Waals surface area contributed by atoms with Crippen LogP contribution in [0.5, 0.6) is 11.5 Å². The predicted molar refractivity (Wildman–Crippen MR) is 75.0 cm³/mol. The molecule has 3 rings (SSSR count). The first-order valence-corrected chi connectivity index (χ1v) is 8.48. The van der Waals surface area contributed by atoms with Crippen molar-refractivity contribution in [3.8, 4) is 11.5 Å². The number of hydrogen-bond acceptors (Lipinski definition) is 5. The molecule has 0 aliphatic carbocycles. The minimum absolute atomic E-state index is 0.0259. The number of sulfone groups is 1. The molecule has 114 valence electrons. The van der Waals surface area contributed by atoms with Crippen molar-refractivity contribution in [2.24, 2.45) is 0 Å². The Hall–Kier alpha value is -1.96. The predicted octanol–water partition coefficient (Wildman–Crippen LogP) is 0.355. The maximum Gasteiger partial charge on any atom is 0.317 e. The van der Waals surface area contributed by atoms with Crippen LogP contribution in [0, 0.1) is 0 Å². The smallest absolute Gasteiger partial charge is 0.317 e. The standard InChI is InChI=1S/C13H16N2O5S/c16-13(15-4-6-21(17,18)7-5-15)14-8-10-2-1-3-11-12(10)20-9-19-11/h1-3H,4-9H2,(H,14,16). The highest BCUT2D eigenvalue weighted by Crippen LogP contribution is 2.35. The van der Waals surface area contributed by atoms with E-state index in [1.807, 2.05) is 18.2 Å². The second-order valence-electron chi connectivity index (χ2n) is 4.95. The monoisotopic (exact) mass is 312 g/mol. The Bertz CT molecular complexity index is 645. The lowest BCUT2D eigenvalue weighted by atomic mass is 10.2. The van der Waals surface area contributed by atoms with Crippen molar-refractivity contribution >= 4 is 15.9 Å². The summed E-state index contributed by atoms with van der Waals surface area (Å²) in [7, 11) is -2.98. The summed E-state index contributed by atoms with van der Waals surface area (Å²) < 4.78 is 33.3. The number of hydrogen-bond donors (Lipinski definition) is 1. The Morgan fingerprint density at radius 3 is 2.76 bits per heavy atom. The number of carbonyl (C=O) groups excluding carboxylic acids is 1. The van der Waals surface area contributed by atoms with Crippen molar-refractivity contribution in [1.29, 1.82) is 0 Å². The Morgan fingerprint density at radius 2 is 2.00 bits per heavy atom. The second-order valence-corrected chi connectivity index (χ2v) is 7.25. The number of amides is 2. The molecule has 1 aromatic carbocycles. The maximum atomic E-state index is 12.0. The van der Waals surface area contributed by atoms with Crippen LogP contribution in [0.15, 0.2) is 18.2 Å². The number of nitrogens with one attached hydrogen (secondary N) is 1. The van der Waals surface area contributed by atoms with Crippen LogP contribution in [0.3, 0.4) is 0 Å². The quantitative estimate of drug-likeness (QED) is 0.852. The third-order valence-corrected chi connectivity index (χ3v) is 5.15. The molecule has 2 aliphatic heterocycles. The molecule has 0 unspecified atom stereocenters. The Balaban J connectivity index is 1.58. The van der Waals surface area contributed by atoms with Gasteiger partial charge in [-0.3, -0.25) is 0 Å². The highest BCUT2D eigenvalue weighted by atomic mass is 32.2. The summed E-state index contributed by atoms with van der Waals surface area (Å²) in [4.78, 5) is 13.5. The van der Waals surface area contributed by atoms with Crippen molar-refractivity contribution in [3.63, 3.8) is 0 Å². The fourth-order valence-electron chi connectivity index (χ4n) is 2.33. The molecule has 2 heterocycles. The van der Waals surface area contributed by atoms with E-state index in [0.717, 1.165) is 5.56 Å². The number of fused-ring (bicyclic) bond motifs is 1. The van der Waals surface area contributed by atoms with Gasteiger partial charge in [-0.2, -0.15) is 0 Å². The van der Waals surface area contributed by atoms with Gasteiger partial charge in [-0.1, -0.05) is 12.1 Å². The molecular weight excluding hydrogens is 296 g/mol. The third-order valence-electron chi connectivity index (χ3n) is 3.54. The summed E-state index contributed by atoms with van der Waals surface area (Å²) in [6.07, 6.45) is 0. The number of urea groups is 1. The van der Waals surface area contributed by atoms with E-state index < -0.39 is 9.84 Å². The molecule has 8 heteroatoms. The maximum absolute atomic E-state index is 12.0. The normalized spacial score (nSPS) is 19.3. The summed E-state index contributed by atoms with van der Waals surface area (Å²) in [5.41, 5.74) is 0.836. The molecule has 0 bridgehead atoms. The summed E-state index contributed by atoms with van der Waals surface area (Å²) >= 11 is 0. The van der Waals surface area contributed by atoms with Crippen molar-refractivity contribution in [2.45, 2.75) is 6.54 Å². The number of nitrogens with zero attached hydrogens (tertiary/aromatic N) is 1. The molecule has 0 atom stereocenters. The van der Waals surface area contributed by atoms with Gasteiger partial charge in [0.15, 0.2) is 21.3 Å². The number of ether oxygens (including phenoxy) is 2. The van der Waals surface area contributed by atoms with E-state index in [1.54, 1.807) is 0 Å². The average Bonchev–Trinajstić information content (AvgIpc) is 2.93. The Labute approximate surface area is 122 Å². The van der Waals surface area contributed by atoms with Gasteiger partial charge in [0.25, 0.3) is 0 Å². The first kappa shape index (κ1) is 14.0. The molecule has 0 aromatic heterocycles. The van der Waals surface area contributed by atoms with E-state index in [4.69, 9.17) is 9.47 Å². The van der Waals surface area contributed by atoms with Crippen LogP contribution in [-0.4, -0.2) is 50.7 Å². The highest BCUT2D eigenvalue weighted by Gasteiger charge is 2.25. The lowest BCUT2D eigenvalue weighted by molar-refractivity contribution is 0.173. The van der Waals surface area contributed by atoms with E-state index in [0.29, 0.717) is 18.0 Å². The molecule has 2 amide bonds. The first-order valence-electron chi connectivity index (χ1n) is 6.66. The number of carbonyl (C=O) groups is 1. The molecular formula is C13H16N2O5S. The molecule has 2 aliphatic rings. The Kier molecular flexibility index (Phi) is 3.62. The molecule has 1 N–H and O–H groups in total. The van der Waals surface area contributed by atoms with Gasteiger partial charge in [-0.25, -0.2) is 13.2 Å². The molecule has 1 fully saturated rings. The second kappa shape index (κ2) is 5.44. The minimum Gasteiger partial charge on any atom is -0.454 e. The highest BCUT2D eigenvalue weighted by molar-refractivity contribution is 7.91. The van der Waals surface area contributed by atoms with Gasteiger partial charge in [0, 0.05) is 25.2 Å². The van der Waals surface area contributed by atoms with Crippen LogP contribution in [-0.2, 0) is 16.4 Å². The lowest BCUT2D eigenvalue weighted by Gasteiger charge is -2.26. The zero-order valence-corrected chi connectivity index (χ0v) is 12.2. The summed E-state index contributed by atoms with van der Waals surface area (Å²) in [6.45, 7) is 0.972. The van der Waals surface area contributed by atoms with E-state index in [9.17, 15) is 13.2 Å². The molecule has 0 spiro atoms. The van der Waals surface area contributed by atoms with Gasteiger partial charge in [-0.05, 0) is 6.07 Å². The van der Waals surface area contributed by atoms with Crippen LogP contribution in [0.1, 0.15) is 5.56 Å². The van der Waals surface area contributed by atoms with Crippen LogP contribution in [0.4, 0.5) is 4.79 Å². The van der Waals surface area contributed by atoms with Gasteiger partial charge in [0.05, 0.1) is 11.5 Å². The van der Waals surface area contributed by atoms with Crippen molar-refractivity contribution in [2.75, 3.05) is 31.4 Å². The van der Waals surface area contributed by atoms with Gasteiger partial charge >= 0.3 is 6.03 Å². The van der Waals surface area contributed by atoms with Gasteiger partial charge in [-0.15, -0.1) is 0 Å².